The van der Waals surface area contributed by atoms with Crippen molar-refractivity contribution in [3.8, 4) is 0 Å². The van der Waals surface area contributed by atoms with Gasteiger partial charge < -0.3 is 14.7 Å². The van der Waals surface area contributed by atoms with Gasteiger partial charge in [0.25, 0.3) is 0 Å². The standard InChI is InChI=1S/C20H27N5O3/c1-13(26)24-8-6-16-15(12-24)10-21-19(22-16)17-5-3-4-7-25(17)20(28)14-9-18(27)23(2)11-14/h10,14,17H,3-9,11-12H2,1-2H3/t14-,17-/m1/s1. The van der Waals surface area contributed by atoms with E-state index in [1.54, 1.807) is 23.8 Å². The number of fused-ring (bicyclic) bond motifs is 1. The van der Waals surface area contributed by atoms with Crippen LogP contribution >= 0.6 is 0 Å². The number of likely N-dealkylation sites (tertiary alicyclic amines) is 2. The molecule has 3 aliphatic rings. The Hall–Kier alpha value is -2.51. The maximum Gasteiger partial charge on any atom is 0.228 e. The van der Waals surface area contributed by atoms with Gasteiger partial charge in [0.1, 0.15) is 0 Å². The molecule has 3 amide bonds. The zero-order valence-corrected chi connectivity index (χ0v) is 16.6. The first kappa shape index (κ1) is 18.8. The van der Waals surface area contributed by atoms with Crippen molar-refractivity contribution >= 4 is 17.7 Å². The van der Waals surface area contributed by atoms with Gasteiger partial charge >= 0.3 is 0 Å². The molecule has 8 heteroatoms. The highest BCUT2D eigenvalue weighted by atomic mass is 16.2. The Morgan fingerprint density at radius 2 is 2.04 bits per heavy atom. The average molecular weight is 385 g/mol. The Morgan fingerprint density at radius 3 is 2.75 bits per heavy atom. The first-order valence-corrected chi connectivity index (χ1v) is 10.1. The molecule has 0 aromatic carbocycles. The molecule has 8 nitrogen and oxygen atoms in total. The summed E-state index contributed by atoms with van der Waals surface area (Å²) < 4.78 is 0. The Kier molecular flexibility index (Phi) is 5.03. The summed E-state index contributed by atoms with van der Waals surface area (Å²) in [6.07, 6.45) is 5.68. The van der Waals surface area contributed by atoms with Gasteiger partial charge in [-0.3, -0.25) is 14.4 Å². The molecule has 4 heterocycles. The molecule has 0 bridgehead atoms. The van der Waals surface area contributed by atoms with E-state index in [2.05, 4.69) is 4.98 Å². The van der Waals surface area contributed by atoms with Gasteiger partial charge in [0.15, 0.2) is 5.82 Å². The van der Waals surface area contributed by atoms with Crippen molar-refractivity contribution in [2.75, 3.05) is 26.7 Å². The molecule has 28 heavy (non-hydrogen) atoms. The lowest BCUT2D eigenvalue weighted by Crippen LogP contribution is -2.43. The average Bonchev–Trinajstić information content (AvgIpc) is 3.05. The molecule has 0 saturated carbocycles. The van der Waals surface area contributed by atoms with Crippen molar-refractivity contribution in [2.45, 2.75) is 51.6 Å². The smallest absolute Gasteiger partial charge is 0.228 e. The molecule has 2 saturated heterocycles. The van der Waals surface area contributed by atoms with E-state index in [9.17, 15) is 14.4 Å². The number of piperidine rings is 1. The molecule has 0 aliphatic carbocycles. The van der Waals surface area contributed by atoms with Crippen molar-refractivity contribution in [3.05, 3.63) is 23.3 Å². The van der Waals surface area contributed by atoms with Crippen LogP contribution in [-0.2, 0) is 27.3 Å². The molecular formula is C20H27N5O3. The van der Waals surface area contributed by atoms with E-state index < -0.39 is 0 Å². The zero-order valence-electron chi connectivity index (χ0n) is 16.6. The van der Waals surface area contributed by atoms with Gasteiger partial charge in [-0.2, -0.15) is 0 Å². The number of carbonyl (C=O) groups is 3. The van der Waals surface area contributed by atoms with E-state index in [4.69, 9.17) is 4.98 Å². The van der Waals surface area contributed by atoms with E-state index in [-0.39, 0.29) is 29.7 Å². The third kappa shape index (κ3) is 3.47. The fourth-order valence-electron chi connectivity index (χ4n) is 4.49. The van der Waals surface area contributed by atoms with Gasteiger partial charge in [-0.1, -0.05) is 0 Å². The third-order valence-electron chi connectivity index (χ3n) is 6.17. The number of nitrogens with zero attached hydrogens (tertiary/aromatic N) is 5. The van der Waals surface area contributed by atoms with Gasteiger partial charge in [0.2, 0.25) is 17.7 Å². The van der Waals surface area contributed by atoms with E-state index in [0.29, 0.717) is 44.8 Å². The molecule has 1 aromatic heterocycles. The fourth-order valence-corrected chi connectivity index (χ4v) is 4.49. The summed E-state index contributed by atoms with van der Waals surface area (Å²) >= 11 is 0. The van der Waals surface area contributed by atoms with Crippen LogP contribution in [0.5, 0.6) is 0 Å². The van der Waals surface area contributed by atoms with Crippen LogP contribution in [0.1, 0.15) is 55.7 Å². The minimum Gasteiger partial charge on any atom is -0.345 e. The van der Waals surface area contributed by atoms with E-state index in [1.165, 1.54) is 0 Å². The molecule has 0 N–H and O–H groups in total. The molecule has 2 atom stereocenters. The van der Waals surface area contributed by atoms with Crippen LogP contribution in [-0.4, -0.2) is 69.1 Å². The van der Waals surface area contributed by atoms with E-state index in [0.717, 1.165) is 30.5 Å². The zero-order chi connectivity index (χ0) is 19.8. The molecule has 2 fully saturated rings. The summed E-state index contributed by atoms with van der Waals surface area (Å²) in [5.41, 5.74) is 1.97. The van der Waals surface area contributed by atoms with Gasteiger partial charge in [-0.25, -0.2) is 9.97 Å². The first-order chi connectivity index (χ1) is 13.4. The predicted octanol–water partition coefficient (Wildman–Crippen LogP) is 0.913. The van der Waals surface area contributed by atoms with Crippen molar-refractivity contribution in [3.63, 3.8) is 0 Å². The van der Waals surface area contributed by atoms with Crippen LogP contribution in [0.25, 0.3) is 0 Å². The van der Waals surface area contributed by atoms with Crippen LogP contribution < -0.4 is 0 Å². The molecule has 3 aliphatic heterocycles. The number of carbonyl (C=O) groups excluding carboxylic acids is 3. The molecule has 0 radical (unpaired) electrons. The first-order valence-electron chi connectivity index (χ1n) is 10.1. The maximum atomic E-state index is 13.1. The summed E-state index contributed by atoms with van der Waals surface area (Å²) in [6, 6.07) is -0.126. The second-order valence-electron chi connectivity index (χ2n) is 8.11. The molecular weight excluding hydrogens is 358 g/mol. The summed E-state index contributed by atoms with van der Waals surface area (Å²) in [4.78, 5) is 51.3. The maximum absolute atomic E-state index is 13.1. The minimum atomic E-state index is -0.264. The molecule has 0 unspecified atom stereocenters. The Bertz CT molecular complexity index is 811. The predicted molar refractivity (Wildman–Crippen MR) is 101 cm³/mol. The van der Waals surface area contributed by atoms with Gasteiger partial charge in [-0.15, -0.1) is 0 Å². The number of hydrogen-bond donors (Lipinski definition) is 0. The van der Waals surface area contributed by atoms with E-state index in [1.807, 2.05) is 11.1 Å². The SMILES string of the molecule is CC(=O)N1CCc2nc([C@H]3CCCCN3C(=O)[C@@H]3CC(=O)N(C)C3)ncc2C1. The fraction of sp³-hybridized carbons (Fsp3) is 0.650. The number of hydrogen-bond acceptors (Lipinski definition) is 5. The second kappa shape index (κ2) is 7.48. The van der Waals surface area contributed by atoms with Gasteiger partial charge in [-0.05, 0) is 19.3 Å². The number of rotatable bonds is 2. The quantitative estimate of drug-likeness (QED) is 0.755. The van der Waals surface area contributed by atoms with Crippen molar-refractivity contribution in [2.24, 2.45) is 5.92 Å². The highest BCUT2D eigenvalue weighted by Gasteiger charge is 2.39. The summed E-state index contributed by atoms with van der Waals surface area (Å²) in [7, 11) is 1.75. The largest absolute Gasteiger partial charge is 0.345 e. The normalized spacial score (nSPS) is 25.1. The van der Waals surface area contributed by atoms with Crippen LogP contribution in [0.2, 0.25) is 0 Å². The van der Waals surface area contributed by atoms with Crippen molar-refractivity contribution in [1.29, 1.82) is 0 Å². The van der Waals surface area contributed by atoms with Crippen LogP contribution in [0.3, 0.4) is 0 Å². The lowest BCUT2D eigenvalue weighted by molar-refractivity contribution is -0.139. The monoisotopic (exact) mass is 385 g/mol. The summed E-state index contributed by atoms with van der Waals surface area (Å²) in [6.45, 7) is 3.98. The molecule has 150 valence electrons. The molecule has 4 rings (SSSR count). The second-order valence-corrected chi connectivity index (χ2v) is 8.11. The van der Waals surface area contributed by atoms with Crippen LogP contribution in [0, 0.1) is 5.92 Å². The molecule has 1 aromatic rings. The minimum absolute atomic E-state index is 0.0342. The lowest BCUT2D eigenvalue weighted by Gasteiger charge is -2.36. The van der Waals surface area contributed by atoms with Crippen molar-refractivity contribution < 1.29 is 14.4 Å². The van der Waals surface area contributed by atoms with Crippen molar-refractivity contribution in [1.82, 2.24) is 24.7 Å². The van der Waals surface area contributed by atoms with Crippen LogP contribution in [0.15, 0.2) is 6.20 Å². The van der Waals surface area contributed by atoms with Gasteiger partial charge in [0.05, 0.1) is 17.7 Å². The molecule has 0 spiro atoms. The highest BCUT2D eigenvalue weighted by molar-refractivity contribution is 5.89. The van der Waals surface area contributed by atoms with E-state index >= 15 is 0 Å². The number of aromatic nitrogens is 2. The number of amides is 3. The van der Waals surface area contributed by atoms with Gasteiger partial charge in [0, 0.05) is 64.8 Å². The van der Waals surface area contributed by atoms with Crippen LogP contribution in [0.4, 0.5) is 0 Å². The Balaban J connectivity index is 1.54. The summed E-state index contributed by atoms with van der Waals surface area (Å²) in [5, 5.41) is 0. The Labute approximate surface area is 164 Å². The topological polar surface area (TPSA) is 86.7 Å². The highest BCUT2D eigenvalue weighted by Crippen LogP contribution is 2.32. The Morgan fingerprint density at radius 1 is 1.21 bits per heavy atom. The third-order valence-corrected chi connectivity index (χ3v) is 6.17. The lowest BCUT2D eigenvalue weighted by atomic mass is 9.97. The summed E-state index contributed by atoms with van der Waals surface area (Å²) in [5.74, 6) is 0.578.